The molecule has 156 valence electrons. The summed E-state index contributed by atoms with van der Waals surface area (Å²) in [6.45, 7) is 5.70. The molecule has 0 aliphatic heterocycles. The molecule has 2 aromatic carbocycles. The minimum absolute atomic E-state index is 0.116. The first-order chi connectivity index (χ1) is 14.8. The molecule has 0 saturated heterocycles. The molecule has 0 atom stereocenters. The van der Waals surface area contributed by atoms with Gasteiger partial charge in [0.15, 0.2) is 5.78 Å². The number of rotatable bonds is 3. The number of aryl methyl sites for hydroxylation is 2. The molecule has 0 bridgehead atoms. The van der Waals surface area contributed by atoms with Crippen LogP contribution in [-0.2, 0) is 9.53 Å². The smallest absolute Gasteiger partial charge is 0.340 e. The van der Waals surface area contributed by atoms with Crippen LogP contribution in [-0.4, -0.2) is 28.5 Å². The van der Waals surface area contributed by atoms with Gasteiger partial charge in [0, 0.05) is 17.0 Å². The van der Waals surface area contributed by atoms with Crippen molar-refractivity contribution in [2.24, 2.45) is 0 Å². The number of allylic oxidation sites excluding steroid dienone is 2. The van der Waals surface area contributed by atoms with Gasteiger partial charge < -0.3 is 9.84 Å². The average molecular weight is 413 g/mol. The molecule has 3 aromatic rings. The zero-order valence-corrected chi connectivity index (χ0v) is 17.9. The van der Waals surface area contributed by atoms with E-state index in [4.69, 9.17) is 4.74 Å². The van der Waals surface area contributed by atoms with Crippen molar-refractivity contribution < 1.29 is 19.4 Å². The Kier molecular flexibility index (Phi) is 5.11. The van der Waals surface area contributed by atoms with Crippen LogP contribution in [0.5, 0.6) is 5.88 Å². The summed E-state index contributed by atoms with van der Waals surface area (Å²) in [6.07, 6.45) is 4.84. The van der Waals surface area contributed by atoms with Crippen LogP contribution < -0.4 is 0 Å². The van der Waals surface area contributed by atoms with Gasteiger partial charge in [-0.15, -0.1) is 0 Å². The molecule has 5 heteroatoms. The highest BCUT2D eigenvalue weighted by molar-refractivity contribution is 6.33. The number of carbonyl (C=O) groups excluding carboxylic acids is 2. The summed E-state index contributed by atoms with van der Waals surface area (Å²) in [5, 5.41) is 11.2. The van der Waals surface area contributed by atoms with E-state index in [2.05, 4.69) is 0 Å². The summed E-state index contributed by atoms with van der Waals surface area (Å²) in [4.78, 5) is 25.4. The highest BCUT2D eigenvalue weighted by atomic mass is 16.5. The van der Waals surface area contributed by atoms with Crippen LogP contribution in [0.25, 0.3) is 23.4 Å². The van der Waals surface area contributed by atoms with E-state index in [0.717, 1.165) is 27.9 Å². The summed E-state index contributed by atoms with van der Waals surface area (Å²) in [7, 11) is 1.30. The second-order valence-electron chi connectivity index (χ2n) is 7.71. The van der Waals surface area contributed by atoms with Gasteiger partial charge in [-0.2, -0.15) is 0 Å². The molecule has 0 fully saturated rings. The van der Waals surface area contributed by atoms with Gasteiger partial charge in [-0.1, -0.05) is 36.4 Å². The van der Waals surface area contributed by atoms with Gasteiger partial charge in [-0.3, -0.25) is 9.36 Å². The van der Waals surface area contributed by atoms with Crippen LogP contribution in [0.3, 0.4) is 0 Å². The van der Waals surface area contributed by atoms with Crippen molar-refractivity contribution in [2.45, 2.75) is 20.8 Å². The van der Waals surface area contributed by atoms with Crippen molar-refractivity contribution in [1.82, 2.24) is 4.57 Å². The molecule has 0 amide bonds. The molecule has 1 heterocycles. The molecule has 0 unspecified atom stereocenters. The van der Waals surface area contributed by atoms with Crippen LogP contribution in [0.1, 0.15) is 43.9 Å². The number of benzene rings is 2. The summed E-state index contributed by atoms with van der Waals surface area (Å²) in [6, 6.07) is 13.4. The Balaban J connectivity index is 2.01. The van der Waals surface area contributed by atoms with Gasteiger partial charge >= 0.3 is 5.97 Å². The molecular formula is C26H23NO4. The van der Waals surface area contributed by atoms with Crippen molar-refractivity contribution in [3.05, 3.63) is 87.6 Å². The Morgan fingerprint density at radius 2 is 1.71 bits per heavy atom. The number of ketones is 1. The van der Waals surface area contributed by atoms with Gasteiger partial charge in [-0.25, -0.2) is 4.79 Å². The van der Waals surface area contributed by atoms with Crippen LogP contribution in [0.4, 0.5) is 0 Å². The normalized spacial score (nSPS) is 14.1. The third-order valence-corrected chi connectivity index (χ3v) is 5.49. The number of esters is 1. The molecule has 31 heavy (non-hydrogen) atoms. The first-order valence-corrected chi connectivity index (χ1v) is 9.96. The van der Waals surface area contributed by atoms with E-state index in [9.17, 15) is 14.7 Å². The first-order valence-electron chi connectivity index (χ1n) is 9.96. The Morgan fingerprint density at radius 3 is 2.39 bits per heavy atom. The van der Waals surface area contributed by atoms with E-state index in [0.29, 0.717) is 11.3 Å². The molecule has 1 aromatic heterocycles. The Morgan fingerprint density at radius 1 is 1.03 bits per heavy atom. The summed E-state index contributed by atoms with van der Waals surface area (Å²) < 4.78 is 6.62. The number of aromatic hydroxyl groups is 1. The van der Waals surface area contributed by atoms with E-state index >= 15 is 0 Å². The highest BCUT2D eigenvalue weighted by Gasteiger charge is 2.27. The third kappa shape index (κ3) is 3.48. The number of ether oxygens (including phenoxy) is 1. The van der Waals surface area contributed by atoms with E-state index in [1.54, 1.807) is 23.6 Å². The molecule has 0 saturated carbocycles. The SMILES string of the molecule is COC(=O)c1c(C=C2C(=O)C=Cc3ccccc32)c(O)n(-c2cc(C)cc(C)c2)c1C. The minimum atomic E-state index is -0.574. The first kappa shape index (κ1) is 20.4. The van der Waals surface area contributed by atoms with Gasteiger partial charge in [-0.05, 0) is 67.3 Å². The molecule has 0 spiro atoms. The lowest BCUT2D eigenvalue weighted by molar-refractivity contribution is -0.109. The van der Waals surface area contributed by atoms with E-state index in [1.165, 1.54) is 13.2 Å². The number of fused-ring (bicyclic) bond motifs is 1. The summed E-state index contributed by atoms with van der Waals surface area (Å²) >= 11 is 0. The van der Waals surface area contributed by atoms with Crippen LogP contribution >= 0.6 is 0 Å². The Hall–Kier alpha value is -3.86. The molecule has 1 N–H and O–H groups in total. The fourth-order valence-corrected chi connectivity index (χ4v) is 4.16. The van der Waals surface area contributed by atoms with Gasteiger partial charge in [0.1, 0.15) is 0 Å². The van der Waals surface area contributed by atoms with Crippen molar-refractivity contribution in [1.29, 1.82) is 0 Å². The van der Waals surface area contributed by atoms with Crippen molar-refractivity contribution >= 4 is 29.5 Å². The average Bonchev–Trinajstić information content (AvgIpc) is 2.98. The largest absolute Gasteiger partial charge is 0.494 e. The topological polar surface area (TPSA) is 68.5 Å². The van der Waals surface area contributed by atoms with E-state index in [-0.39, 0.29) is 22.8 Å². The van der Waals surface area contributed by atoms with E-state index in [1.807, 2.05) is 56.3 Å². The molecular weight excluding hydrogens is 390 g/mol. The molecule has 0 radical (unpaired) electrons. The molecule has 5 nitrogen and oxygen atoms in total. The maximum absolute atomic E-state index is 12.7. The lowest BCUT2D eigenvalue weighted by atomic mass is 9.90. The molecule has 4 rings (SSSR count). The molecule has 1 aliphatic carbocycles. The Labute approximate surface area is 180 Å². The van der Waals surface area contributed by atoms with Crippen LogP contribution in [0, 0.1) is 20.8 Å². The van der Waals surface area contributed by atoms with E-state index < -0.39 is 5.97 Å². The quantitative estimate of drug-likeness (QED) is 0.483. The van der Waals surface area contributed by atoms with Gasteiger partial charge in [0.05, 0.1) is 18.2 Å². The molecule has 1 aliphatic rings. The second-order valence-corrected chi connectivity index (χ2v) is 7.71. The van der Waals surface area contributed by atoms with Crippen molar-refractivity contribution in [2.75, 3.05) is 7.11 Å². The lowest BCUT2D eigenvalue weighted by Crippen LogP contribution is -2.07. The predicted molar refractivity (Wildman–Crippen MR) is 121 cm³/mol. The number of carbonyl (C=O) groups is 2. The van der Waals surface area contributed by atoms with Crippen LogP contribution in [0.2, 0.25) is 0 Å². The number of methoxy groups -OCH3 is 1. The number of aromatic nitrogens is 1. The van der Waals surface area contributed by atoms with Gasteiger partial charge in [0.25, 0.3) is 0 Å². The van der Waals surface area contributed by atoms with Gasteiger partial charge in [0.2, 0.25) is 5.88 Å². The van der Waals surface area contributed by atoms with Crippen molar-refractivity contribution in [3.8, 4) is 11.6 Å². The van der Waals surface area contributed by atoms with Crippen molar-refractivity contribution in [3.63, 3.8) is 0 Å². The highest BCUT2D eigenvalue weighted by Crippen LogP contribution is 2.37. The number of hydrogen-bond donors (Lipinski definition) is 1. The standard InChI is InChI=1S/C26H23NO4/c1-15-11-16(2)13-19(12-15)27-17(3)24(26(30)31-4)22(25(27)29)14-21-20-8-6-5-7-18(20)9-10-23(21)28/h5-14,29H,1-4H3. The summed E-state index contributed by atoms with van der Waals surface area (Å²) in [5.41, 5.74) is 5.89. The predicted octanol–water partition coefficient (Wildman–Crippen LogP) is 5.03. The Bertz CT molecular complexity index is 1270. The zero-order valence-electron chi connectivity index (χ0n) is 17.9. The zero-order chi connectivity index (χ0) is 22.3. The fraction of sp³-hybridized carbons (Fsp3) is 0.154. The van der Waals surface area contributed by atoms with Crippen LogP contribution in [0.15, 0.2) is 48.5 Å². The third-order valence-electron chi connectivity index (χ3n) is 5.49. The lowest BCUT2D eigenvalue weighted by Gasteiger charge is -2.13. The number of nitrogens with zero attached hydrogens (tertiary/aromatic N) is 1. The maximum atomic E-state index is 12.7. The second kappa shape index (κ2) is 7.76. The number of hydrogen-bond acceptors (Lipinski definition) is 4. The fourth-order valence-electron chi connectivity index (χ4n) is 4.16. The minimum Gasteiger partial charge on any atom is -0.494 e. The maximum Gasteiger partial charge on any atom is 0.340 e. The monoisotopic (exact) mass is 413 g/mol. The summed E-state index contributed by atoms with van der Waals surface area (Å²) in [5.74, 6) is -0.879.